The van der Waals surface area contributed by atoms with Gasteiger partial charge in [0.2, 0.25) is 0 Å². The minimum absolute atomic E-state index is 0.0780. The highest BCUT2D eigenvalue weighted by molar-refractivity contribution is 7.92. The van der Waals surface area contributed by atoms with Crippen molar-refractivity contribution < 1.29 is 22.7 Å². The molecule has 5 nitrogen and oxygen atoms in total. The van der Waals surface area contributed by atoms with Crippen molar-refractivity contribution in [3.8, 4) is 0 Å². The molecule has 0 atom stereocenters. The van der Waals surface area contributed by atoms with Crippen LogP contribution >= 0.6 is 0 Å². The van der Waals surface area contributed by atoms with Gasteiger partial charge in [-0.25, -0.2) is 17.6 Å². The van der Waals surface area contributed by atoms with Gasteiger partial charge in [-0.05, 0) is 41.2 Å². The van der Waals surface area contributed by atoms with E-state index in [2.05, 4.69) is 4.72 Å². The van der Waals surface area contributed by atoms with E-state index < -0.39 is 27.4 Å². The number of carboxylic acids is 1. The molecule has 140 valence electrons. The van der Waals surface area contributed by atoms with Crippen LogP contribution in [0.5, 0.6) is 0 Å². The lowest BCUT2D eigenvalue weighted by molar-refractivity contribution is 0.0691. The maximum Gasteiger partial charge on any atom is 0.338 e. The van der Waals surface area contributed by atoms with Crippen LogP contribution in [0.4, 0.5) is 10.1 Å². The Bertz CT molecular complexity index is 910. The zero-order chi connectivity index (χ0) is 19.6. The van der Waals surface area contributed by atoms with Crippen molar-refractivity contribution in [3.63, 3.8) is 0 Å². The predicted molar refractivity (Wildman–Crippen MR) is 98.8 cm³/mol. The normalized spacial score (nSPS) is 11.8. The third-order valence-corrected chi connectivity index (χ3v) is 5.44. The molecule has 0 radical (unpaired) electrons. The molecule has 0 saturated heterocycles. The SMILES string of the molecule is CC(C)c1cccc(C(C)C)c1NS(=O)(=O)c1ccc(F)c(C(=O)O)c1. The topological polar surface area (TPSA) is 83.5 Å². The minimum Gasteiger partial charge on any atom is -0.478 e. The van der Waals surface area contributed by atoms with Gasteiger partial charge in [0.05, 0.1) is 16.1 Å². The van der Waals surface area contributed by atoms with Crippen LogP contribution in [0.3, 0.4) is 0 Å². The highest BCUT2D eigenvalue weighted by atomic mass is 32.2. The van der Waals surface area contributed by atoms with Crippen LogP contribution in [0, 0.1) is 5.82 Å². The summed E-state index contributed by atoms with van der Waals surface area (Å²) >= 11 is 0. The van der Waals surface area contributed by atoms with E-state index in [1.807, 2.05) is 45.9 Å². The summed E-state index contributed by atoms with van der Waals surface area (Å²) in [5.74, 6) is -2.35. The third kappa shape index (κ3) is 4.04. The molecule has 0 spiro atoms. The number of aromatic carboxylic acids is 1. The van der Waals surface area contributed by atoms with E-state index in [0.717, 1.165) is 29.3 Å². The molecule has 2 aromatic rings. The molecule has 0 amide bonds. The second-order valence-corrected chi connectivity index (χ2v) is 8.36. The van der Waals surface area contributed by atoms with E-state index in [-0.39, 0.29) is 16.7 Å². The summed E-state index contributed by atoms with van der Waals surface area (Å²) in [5, 5.41) is 9.02. The Morgan fingerprint density at radius 2 is 1.58 bits per heavy atom. The number of carbonyl (C=O) groups is 1. The van der Waals surface area contributed by atoms with Crippen molar-refractivity contribution in [2.45, 2.75) is 44.4 Å². The fourth-order valence-corrected chi connectivity index (χ4v) is 3.84. The lowest BCUT2D eigenvalue weighted by Crippen LogP contribution is -2.17. The Labute approximate surface area is 152 Å². The summed E-state index contributed by atoms with van der Waals surface area (Å²) in [6.45, 7) is 7.82. The Morgan fingerprint density at radius 3 is 2.04 bits per heavy atom. The van der Waals surface area contributed by atoms with Gasteiger partial charge in [0.25, 0.3) is 10.0 Å². The number of hydrogen-bond donors (Lipinski definition) is 2. The van der Waals surface area contributed by atoms with Crippen LogP contribution in [-0.4, -0.2) is 19.5 Å². The van der Waals surface area contributed by atoms with E-state index in [1.54, 1.807) is 0 Å². The number of anilines is 1. The first-order valence-electron chi connectivity index (χ1n) is 8.23. The average Bonchev–Trinajstić information content (AvgIpc) is 2.54. The molecule has 2 N–H and O–H groups in total. The number of benzene rings is 2. The quantitative estimate of drug-likeness (QED) is 0.770. The molecule has 0 aliphatic carbocycles. The standard InChI is InChI=1S/C19H22FNO4S/c1-11(2)14-6-5-7-15(12(3)4)18(14)21-26(24,25)13-8-9-17(20)16(10-13)19(22)23/h5-12,21H,1-4H3,(H,22,23). The van der Waals surface area contributed by atoms with Crippen molar-refractivity contribution in [1.82, 2.24) is 0 Å². The summed E-state index contributed by atoms with van der Waals surface area (Å²) in [6.07, 6.45) is 0. The van der Waals surface area contributed by atoms with Gasteiger partial charge in [-0.1, -0.05) is 45.9 Å². The smallest absolute Gasteiger partial charge is 0.338 e. The van der Waals surface area contributed by atoms with E-state index in [1.165, 1.54) is 0 Å². The molecule has 7 heteroatoms. The number of carboxylic acid groups (broad SMARTS) is 1. The summed E-state index contributed by atoms with van der Waals surface area (Å²) < 4.78 is 41.8. The molecular weight excluding hydrogens is 357 g/mol. The zero-order valence-corrected chi connectivity index (χ0v) is 15.9. The van der Waals surface area contributed by atoms with Gasteiger partial charge < -0.3 is 5.11 Å². The Kier molecular flexibility index (Phi) is 5.71. The number of rotatable bonds is 6. The minimum atomic E-state index is -4.08. The van der Waals surface area contributed by atoms with Gasteiger partial charge >= 0.3 is 5.97 Å². The number of nitrogens with one attached hydrogen (secondary N) is 1. The lowest BCUT2D eigenvalue weighted by Gasteiger charge is -2.21. The average molecular weight is 379 g/mol. The second-order valence-electron chi connectivity index (χ2n) is 6.67. The van der Waals surface area contributed by atoms with Gasteiger partial charge in [-0.2, -0.15) is 0 Å². The van der Waals surface area contributed by atoms with E-state index in [4.69, 9.17) is 5.11 Å². The molecule has 0 aliphatic heterocycles. The number of hydrogen-bond acceptors (Lipinski definition) is 3. The molecule has 0 unspecified atom stereocenters. The van der Waals surface area contributed by atoms with Crippen molar-refractivity contribution in [3.05, 3.63) is 58.9 Å². The van der Waals surface area contributed by atoms with Crippen LogP contribution < -0.4 is 4.72 Å². The molecular formula is C19H22FNO4S. The molecule has 0 fully saturated rings. The zero-order valence-electron chi connectivity index (χ0n) is 15.1. The maximum atomic E-state index is 13.6. The fourth-order valence-electron chi connectivity index (χ4n) is 2.70. The summed E-state index contributed by atoms with van der Waals surface area (Å²) in [6, 6.07) is 8.30. The van der Waals surface area contributed by atoms with Crippen molar-refractivity contribution in [2.75, 3.05) is 4.72 Å². The second kappa shape index (κ2) is 7.45. The first-order chi connectivity index (χ1) is 12.0. The Balaban J connectivity index is 2.57. The van der Waals surface area contributed by atoms with E-state index in [9.17, 15) is 17.6 Å². The summed E-state index contributed by atoms with van der Waals surface area (Å²) in [5.41, 5.74) is 1.47. The lowest BCUT2D eigenvalue weighted by atomic mass is 9.93. The predicted octanol–water partition coefficient (Wildman–Crippen LogP) is 4.57. The van der Waals surface area contributed by atoms with Crippen LogP contribution in [0.2, 0.25) is 0 Å². The summed E-state index contributed by atoms with van der Waals surface area (Å²) in [7, 11) is -4.08. The summed E-state index contributed by atoms with van der Waals surface area (Å²) in [4.78, 5) is 10.8. The van der Waals surface area contributed by atoms with Crippen LogP contribution in [-0.2, 0) is 10.0 Å². The highest BCUT2D eigenvalue weighted by Gasteiger charge is 2.23. The number of halogens is 1. The monoisotopic (exact) mass is 379 g/mol. The molecule has 0 bridgehead atoms. The van der Waals surface area contributed by atoms with Crippen molar-refractivity contribution >= 4 is 21.7 Å². The van der Waals surface area contributed by atoms with E-state index in [0.29, 0.717) is 5.69 Å². The first-order valence-corrected chi connectivity index (χ1v) is 9.71. The Hall–Kier alpha value is -2.41. The molecule has 26 heavy (non-hydrogen) atoms. The van der Waals surface area contributed by atoms with Crippen molar-refractivity contribution in [2.24, 2.45) is 0 Å². The molecule has 0 aliphatic rings. The van der Waals surface area contributed by atoms with Gasteiger partial charge in [0.1, 0.15) is 5.82 Å². The molecule has 2 rings (SSSR count). The fraction of sp³-hybridized carbons (Fsp3) is 0.316. The number of para-hydroxylation sites is 1. The van der Waals surface area contributed by atoms with E-state index >= 15 is 0 Å². The van der Waals surface area contributed by atoms with Gasteiger partial charge in [0, 0.05) is 0 Å². The number of sulfonamides is 1. The van der Waals surface area contributed by atoms with Crippen LogP contribution in [0.15, 0.2) is 41.3 Å². The molecule has 0 heterocycles. The van der Waals surface area contributed by atoms with Crippen molar-refractivity contribution in [1.29, 1.82) is 0 Å². The third-order valence-electron chi connectivity index (χ3n) is 4.09. The van der Waals surface area contributed by atoms with Crippen LogP contribution in [0.1, 0.15) is 61.0 Å². The Morgan fingerprint density at radius 1 is 1.04 bits per heavy atom. The molecule has 0 aromatic heterocycles. The molecule has 2 aromatic carbocycles. The molecule has 0 saturated carbocycles. The van der Waals surface area contributed by atoms with Gasteiger partial charge in [-0.15, -0.1) is 0 Å². The van der Waals surface area contributed by atoms with Crippen LogP contribution in [0.25, 0.3) is 0 Å². The highest BCUT2D eigenvalue weighted by Crippen LogP contribution is 2.34. The van der Waals surface area contributed by atoms with Gasteiger partial charge in [-0.3, -0.25) is 4.72 Å². The van der Waals surface area contributed by atoms with Gasteiger partial charge in [0.15, 0.2) is 0 Å². The largest absolute Gasteiger partial charge is 0.478 e. The first kappa shape index (κ1) is 19.9. The maximum absolute atomic E-state index is 13.6.